The van der Waals surface area contributed by atoms with Gasteiger partial charge in [-0.25, -0.2) is 8.42 Å². The van der Waals surface area contributed by atoms with Gasteiger partial charge in [0.05, 0.1) is 18.0 Å². The molecule has 0 aromatic heterocycles. The van der Waals surface area contributed by atoms with E-state index in [2.05, 4.69) is 5.32 Å². The highest BCUT2D eigenvalue weighted by Gasteiger charge is 2.39. The molecule has 106 valence electrons. The quantitative estimate of drug-likeness (QED) is 0.772. The Morgan fingerprint density at radius 2 is 1.94 bits per heavy atom. The van der Waals surface area contributed by atoms with E-state index in [9.17, 15) is 13.2 Å². The second kappa shape index (κ2) is 6.02. The molecule has 0 aromatic carbocycles. The second-order valence-corrected chi connectivity index (χ2v) is 7.56. The minimum absolute atomic E-state index is 0.0301. The molecule has 0 spiro atoms. The lowest BCUT2D eigenvalue weighted by Crippen LogP contribution is -2.43. The topological polar surface area (TPSA) is 66.5 Å². The molecule has 1 aliphatic rings. The number of nitrogens with zero attached hydrogens (tertiary/aromatic N) is 1. The fraction of sp³-hybridized carbons (Fsp3) is 0.917. The van der Waals surface area contributed by atoms with Crippen molar-refractivity contribution in [3.63, 3.8) is 0 Å². The van der Waals surface area contributed by atoms with E-state index in [0.29, 0.717) is 6.54 Å². The Kier molecular flexibility index (Phi) is 5.16. The van der Waals surface area contributed by atoms with Crippen LogP contribution in [0.5, 0.6) is 0 Å². The standard InChI is InChI=1S/C12H24N2O3S/c1-5-10-12(15)14(11(13-10)9(3)4)7-8-18(16,17)6-2/h9-11,13H,5-8H2,1-4H3. The summed E-state index contributed by atoms with van der Waals surface area (Å²) in [7, 11) is -3.03. The fourth-order valence-electron chi connectivity index (χ4n) is 2.18. The van der Waals surface area contributed by atoms with Gasteiger partial charge in [0.2, 0.25) is 5.91 Å². The highest BCUT2D eigenvalue weighted by atomic mass is 32.2. The van der Waals surface area contributed by atoms with Crippen LogP contribution in [0, 0.1) is 5.92 Å². The highest BCUT2D eigenvalue weighted by molar-refractivity contribution is 7.91. The van der Waals surface area contributed by atoms with Crippen LogP contribution in [-0.4, -0.2) is 49.5 Å². The van der Waals surface area contributed by atoms with Crippen molar-refractivity contribution < 1.29 is 13.2 Å². The van der Waals surface area contributed by atoms with Crippen molar-refractivity contribution in [1.82, 2.24) is 10.2 Å². The van der Waals surface area contributed by atoms with Crippen LogP contribution < -0.4 is 5.32 Å². The summed E-state index contributed by atoms with van der Waals surface area (Å²) >= 11 is 0. The third kappa shape index (κ3) is 3.45. The summed E-state index contributed by atoms with van der Waals surface area (Å²) in [6.45, 7) is 7.95. The van der Waals surface area contributed by atoms with Gasteiger partial charge >= 0.3 is 0 Å². The van der Waals surface area contributed by atoms with Crippen LogP contribution in [-0.2, 0) is 14.6 Å². The van der Waals surface area contributed by atoms with Crippen molar-refractivity contribution in [1.29, 1.82) is 0 Å². The molecule has 0 saturated carbocycles. The third-order valence-corrected chi connectivity index (χ3v) is 5.10. The van der Waals surface area contributed by atoms with Gasteiger partial charge in [0, 0.05) is 12.3 Å². The van der Waals surface area contributed by atoms with Crippen LogP contribution in [0.15, 0.2) is 0 Å². The Balaban J connectivity index is 2.74. The van der Waals surface area contributed by atoms with Crippen LogP contribution >= 0.6 is 0 Å². The summed E-state index contributed by atoms with van der Waals surface area (Å²) in [5.41, 5.74) is 0. The monoisotopic (exact) mass is 276 g/mol. The lowest BCUT2D eigenvalue weighted by atomic mass is 10.1. The van der Waals surface area contributed by atoms with Crippen LogP contribution in [0.3, 0.4) is 0 Å². The molecule has 2 atom stereocenters. The van der Waals surface area contributed by atoms with Crippen molar-refractivity contribution in [3.8, 4) is 0 Å². The van der Waals surface area contributed by atoms with Gasteiger partial charge in [-0.1, -0.05) is 27.7 Å². The molecule has 5 nitrogen and oxygen atoms in total. The smallest absolute Gasteiger partial charge is 0.241 e. The molecule has 0 aliphatic carbocycles. The van der Waals surface area contributed by atoms with Gasteiger partial charge in [0.25, 0.3) is 0 Å². The summed E-state index contributed by atoms with van der Waals surface area (Å²) in [5, 5.41) is 3.28. The number of nitrogens with one attached hydrogen (secondary N) is 1. The lowest BCUT2D eigenvalue weighted by molar-refractivity contribution is -0.130. The molecular weight excluding hydrogens is 252 g/mol. The SMILES string of the molecule is CCC1NC(C(C)C)N(CCS(=O)(=O)CC)C1=O. The second-order valence-electron chi connectivity index (χ2n) is 5.08. The molecule has 2 unspecified atom stereocenters. The molecule has 1 heterocycles. The van der Waals surface area contributed by atoms with E-state index >= 15 is 0 Å². The Bertz CT molecular complexity index is 392. The van der Waals surface area contributed by atoms with Gasteiger partial charge in [0.15, 0.2) is 9.84 Å². The number of sulfone groups is 1. The minimum atomic E-state index is -3.03. The molecule has 1 amide bonds. The van der Waals surface area contributed by atoms with Crippen molar-refractivity contribution in [2.75, 3.05) is 18.1 Å². The van der Waals surface area contributed by atoms with E-state index in [1.807, 2.05) is 20.8 Å². The normalized spacial score (nSPS) is 25.2. The number of hydrogen-bond acceptors (Lipinski definition) is 4. The van der Waals surface area contributed by atoms with Gasteiger partial charge in [-0.2, -0.15) is 0 Å². The fourth-order valence-corrected chi connectivity index (χ4v) is 2.94. The predicted octanol–water partition coefficient (Wildman–Crippen LogP) is 0.614. The van der Waals surface area contributed by atoms with E-state index in [1.54, 1.807) is 11.8 Å². The van der Waals surface area contributed by atoms with Gasteiger partial charge in [-0.3, -0.25) is 10.1 Å². The van der Waals surface area contributed by atoms with Gasteiger partial charge in [0.1, 0.15) is 0 Å². The Morgan fingerprint density at radius 3 is 2.39 bits per heavy atom. The van der Waals surface area contributed by atoms with Crippen molar-refractivity contribution >= 4 is 15.7 Å². The van der Waals surface area contributed by atoms with E-state index < -0.39 is 9.84 Å². The molecule has 0 radical (unpaired) electrons. The Labute approximate surface area is 110 Å². The highest BCUT2D eigenvalue weighted by Crippen LogP contribution is 2.19. The zero-order chi connectivity index (χ0) is 13.9. The van der Waals surface area contributed by atoms with E-state index in [-0.39, 0.29) is 35.5 Å². The Morgan fingerprint density at radius 1 is 1.33 bits per heavy atom. The number of carbonyl (C=O) groups is 1. The number of amides is 1. The molecule has 1 saturated heterocycles. The minimum Gasteiger partial charge on any atom is -0.325 e. The summed E-state index contributed by atoms with van der Waals surface area (Å²) in [5.74, 6) is 0.486. The molecule has 0 aromatic rings. The molecule has 6 heteroatoms. The molecule has 1 rings (SSSR count). The summed E-state index contributed by atoms with van der Waals surface area (Å²) in [4.78, 5) is 13.8. The Hall–Kier alpha value is -0.620. The van der Waals surface area contributed by atoms with Crippen molar-refractivity contribution in [2.24, 2.45) is 5.92 Å². The van der Waals surface area contributed by atoms with Crippen molar-refractivity contribution in [3.05, 3.63) is 0 Å². The predicted molar refractivity (Wildman–Crippen MR) is 71.9 cm³/mol. The van der Waals surface area contributed by atoms with E-state index in [1.165, 1.54) is 0 Å². The van der Waals surface area contributed by atoms with Crippen LogP contribution in [0.1, 0.15) is 34.1 Å². The largest absolute Gasteiger partial charge is 0.325 e. The van der Waals surface area contributed by atoms with Crippen LogP contribution in [0.2, 0.25) is 0 Å². The van der Waals surface area contributed by atoms with E-state index in [0.717, 1.165) is 6.42 Å². The average Bonchev–Trinajstić information content (AvgIpc) is 2.63. The molecule has 0 bridgehead atoms. The van der Waals surface area contributed by atoms with Crippen LogP contribution in [0.25, 0.3) is 0 Å². The maximum absolute atomic E-state index is 12.1. The third-order valence-electron chi connectivity index (χ3n) is 3.41. The molecule has 1 aliphatic heterocycles. The van der Waals surface area contributed by atoms with Gasteiger partial charge < -0.3 is 4.90 Å². The first-order valence-corrected chi connectivity index (χ1v) is 8.41. The molecule has 18 heavy (non-hydrogen) atoms. The maximum atomic E-state index is 12.1. The zero-order valence-electron chi connectivity index (χ0n) is 11.6. The average molecular weight is 276 g/mol. The maximum Gasteiger partial charge on any atom is 0.241 e. The molecular formula is C12H24N2O3S. The lowest BCUT2D eigenvalue weighted by Gasteiger charge is -2.27. The summed E-state index contributed by atoms with van der Waals surface area (Å²) < 4.78 is 23.1. The number of rotatable bonds is 6. The van der Waals surface area contributed by atoms with Gasteiger partial charge in [-0.05, 0) is 12.3 Å². The van der Waals surface area contributed by atoms with Gasteiger partial charge in [-0.15, -0.1) is 0 Å². The first-order chi connectivity index (χ1) is 8.32. The van der Waals surface area contributed by atoms with Crippen LogP contribution in [0.4, 0.5) is 0 Å². The first kappa shape index (κ1) is 15.4. The number of carbonyl (C=O) groups excluding carboxylic acids is 1. The number of hydrogen-bond donors (Lipinski definition) is 1. The molecule has 1 fully saturated rings. The summed E-state index contributed by atoms with van der Waals surface area (Å²) in [6, 6.07) is -0.165. The van der Waals surface area contributed by atoms with E-state index in [4.69, 9.17) is 0 Å². The summed E-state index contributed by atoms with van der Waals surface area (Å²) in [6.07, 6.45) is 0.688. The molecule has 1 N–H and O–H groups in total. The first-order valence-electron chi connectivity index (χ1n) is 6.59. The van der Waals surface area contributed by atoms with Crippen molar-refractivity contribution in [2.45, 2.75) is 46.3 Å². The zero-order valence-corrected chi connectivity index (χ0v) is 12.5.